The molecule has 0 spiro atoms. The van der Waals surface area contributed by atoms with Gasteiger partial charge in [-0.2, -0.15) is 0 Å². The summed E-state index contributed by atoms with van der Waals surface area (Å²) in [6.07, 6.45) is 18.3. The van der Waals surface area contributed by atoms with Crippen molar-refractivity contribution in [2.24, 2.45) is 46.3 Å². The molecule has 5 rings (SSSR count). The number of hydrogen-bond acceptors (Lipinski definition) is 1. The van der Waals surface area contributed by atoms with Gasteiger partial charge in [0.2, 0.25) is 0 Å². The van der Waals surface area contributed by atoms with Crippen molar-refractivity contribution in [3.63, 3.8) is 0 Å². The Kier molecular flexibility index (Phi) is 7.43. The van der Waals surface area contributed by atoms with Crippen LogP contribution in [0.5, 0.6) is 5.75 Å². The Labute approximate surface area is 222 Å². The quantitative estimate of drug-likeness (QED) is 0.360. The summed E-state index contributed by atoms with van der Waals surface area (Å²) in [6.45, 7) is 16.9. The summed E-state index contributed by atoms with van der Waals surface area (Å²) in [5.74, 6) is 6.71. The maximum Gasteiger partial charge on any atom is 0.122 e. The van der Waals surface area contributed by atoms with Crippen molar-refractivity contribution in [2.75, 3.05) is 0 Å². The number of rotatable bonds is 6. The molecule has 4 aliphatic carbocycles. The first-order valence-corrected chi connectivity index (χ1v) is 15.5. The number of fused-ring (bicyclic) bond motifs is 5. The molecule has 4 fully saturated rings. The molecule has 0 saturated heterocycles. The normalized spacial score (nSPS) is 40.5. The zero-order valence-electron chi connectivity index (χ0n) is 24.5. The molecule has 4 aliphatic rings. The van der Waals surface area contributed by atoms with E-state index >= 15 is 0 Å². The van der Waals surface area contributed by atoms with E-state index in [1.807, 2.05) is 0 Å². The smallest absolute Gasteiger partial charge is 0.122 e. The van der Waals surface area contributed by atoms with Crippen molar-refractivity contribution in [1.29, 1.82) is 0 Å². The van der Waals surface area contributed by atoms with Gasteiger partial charge in [0.1, 0.15) is 5.75 Å². The first-order valence-electron chi connectivity index (χ1n) is 15.5. The summed E-state index contributed by atoms with van der Waals surface area (Å²) in [4.78, 5) is 0. The van der Waals surface area contributed by atoms with Crippen LogP contribution in [0.4, 0.5) is 0 Å². The molecule has 9 unspecified atom stereocenters. The highest BCUT2D eigenvalue weighted by atomic mass is 16.5. The fourth-order valence-electron chi connectivity index (χ4n) is 10.2. The van der Waals surface area contributed by atoms with E-state index in [9.17, 15) is 0 Å². The summed E-state index contributed by atoms with van der Waals surface area (Å²) in [7, 11) is 0. The van der Waals surface area contributed by atoms with Crippen molar-refractivity contribution < 1.29 is 4.74 Å². The molecule has 0 radical (unpaired) electrons. The van der Waals surface area contributed by atoms with E-state index in [0.717, 1.165) is 41.3 Å². The monoisotopic (exact) mass is 490 g/mol. The van der Waals surface area contributed by atoms with Crippen LogP contribution in [0.3, 0.4) is 0 Å². The molecule has 0 aromatic heterocycles. The molecule has 1 heteroatoms. The Bertz CT molecular complexity index is 955. The molecule has 4 saturated carbocycles. The van der Waals surface area contributed by atoms with E-state index in [-0.39, 0.29) is 0 Å². The molecule has 0 heterocycles. The minimum atomic E-state index is 0.410. The topological polar surface area (TPSA) is 9.23 Å². The summed E-state index contributed by atoms with van der Waals surface area (Å²) in [5, 5.41) is 0. The third-order valence-corrected chi connectivity index (χ3v) is 12.2. The van der Waals surface area contributed by atoms with Crippen molar-refractivity contribution in [3.05, 3.63) is 41.0 Å². The van der Waals surface area contributed by atoms with Crippen molar-refractivity contribution in [1.82, 2.24) is 0 Å². The lowest BCUT2D eigenvalue weighted by atomic mass is 9.44. The average Bonchev–Trinajstić information content (AvgIpc) is 3.18. The zero-order valence-corrected chi connectivity index (χ0v) is 24.5. The van der Waals surface area contributed by atoms with Crippen LogP contribution < -0.4 is 4.74 Å². The maximum atomic E-state index is 6.64. The molecule has 1 aromatic rings. The van der Waals surface area contributed by atoms with Gasteiger partial charge in [-0.25, -0.2) is 0 Å². The number of allylic oxidation sites excluding steroid dienone is 2. The van der Waals surface area contributed by atoms with Gasteiger partial charge in [0.05, 0.1) is 6.10 Å². The van der Waals surface area contributed by atoms with Gasteiger partial charge in [0.25, 0.3) is 0 Å². The Hall–Kier alpha value is -1.24. The van der Waals surface area contributed by atoms with Crippen molar-refractivity contribution in [2.45, 2.75) is 125 Å². The maximum absolute atomic E-state index is 6.64. The second-order valence-electron chi connectivity index (χ2n) is 14.5. The Balaban J connectivity index is 1.25. The lowest BCUT2D eigenvalue weighted by Crippen LogP contribution is -2.54. The Morgan fingerprint density at radius 2 is 1.72 bits per heavy atom. The number of hydrogen-bond donors (Lipinski definition) is 0. The van der Waals surface area contributed by atoms with Crippen LogP contribution in [0.1, 0.15) is 116 Å². The number of aryl methyl sites for hydroxylation is 2. The van der Waals surface area contributed by atoms with Gasteiger partial charge < -0.3 is 4.74 Å². The summed E-state index contributed by atoms with van der Waals surface area (Å²) >= 11 is 0. The van der Waals surface area contributed by atoms with Crippen LogP contribution >= 0.6 is 0 Å². The number of benzene rings is 1. The van der Waals surface area contributed by atoms with Crippen LogP contribution in [0.2, 0.25) is 0 Å². The van der Waals surface area contributed by atoms with E-state index < -0.39 is 0 Å². The molecule has 0 bridgehead atoms. The highest BCUT2D eigenvalue weighted by molar-refractivity contribution is 5.35. The second-order valence-corrected chi connectivity index (χ2v) is 14.5. The van der Waals surface area contributed by atoms with Crippen LogP contribution in [0.15, 0.2) is 29.8 Å². The van der Waals surface area contributed by atoms with Gasteiger partial charge in [-0.3, -0.25) is 0 Å². The molecular formula is C35H54O. The highest BCUT2D eigenvalue weighted by Gasteiger charge is 2.60. The van der Waals surface area contributed by atoms with Crippen LogP contribution in [0, 0.1) is 60.2 Å². The largest absolute Gasteiger partial charge is 0.490 e. The molecule has 0 amide bonds. The van der Waals surface area contributed by atoms with E-state index in [4.69, 9.17) is 4.74 Å². The minimum Gasteiger partial charge on any atom is -0.490 e. The predicted molar refractivity (Wildman–Crippen MR) is 153 cm³/mol. The van der Waals surface area contributed by atoms with Gasteiger partial charge in [-0.15, -0.1) is 0 Å². The highest BCUT2D eigenvalue weighted by Crippen LogP contribution is 2.68. The molecule has 9 atom stereocenters. The van der Waals surface area contributed by atoms with E-state index in [1.165, 1.54) is 87.3 Å². The summed E-state index contributed by atoms with van der Waals surface area (Å²) in [6, 6.07) is 6.68. The molecule has 1 aromatic carbocycles. The second kappa shape index (κ2) is 10.1. The molecular weight excluding hydrogens is 436 g/mol. The third-order valence-electron chi connectivity index (χ3n) is 12.2. The first-order chi connectivity index (χ1) is 17.1. The lowest BCUT2D eigenvalue weighted by molar-refractivity contribution is -0.126. The molecule has 200 valence electrons. The number of ether oxygens (including phenoxy) is 1. The van der Waals surface area contributed by atoms with E-state index in [1.54, 1.807) is 0 Å². The molecule has 0 aliphatic heterocycles. The third kappa shape index (κ3) is 4.71. The molecule has 0 N–H and O–H groups in total. The molecule has 1 nitrogen and oxygen atoms in total. The van der Waals surface area contributed by atoms with Crippen LogP contribution in [0.25, 0.3) is 0 Å². The average molecular weight is 491 g/mol. The standard InChI is InChI=1S/C35H54O/c1-23(2)9-8-10-25(4)30-14-15-31-29-13-12-27-22-28(36-33-16-11-24(3)21-26(33)5)17-19-34(27,6)32(29)18-20-35(30,31)7/h9,11,16,21,25,27-32H,8,10,12-15,17-20,22H2,1-7H3. The van der Waals surface area contributed by atoms with Crippen molar-refractivity contribution in [3.8, 4) is 5.75 Å². The Morgan fingerprint density at radius 3 is 2.47 bits per heavy atom. The van der Waals surface area contributed by atoms with Crippen LogP contribution in [-0.4, -0.2) is 6.10 Å². The van der Waals surface area contributed by atoms with Crippen molar-refractivity contribution >= 4 is 0 Å². The predicted octanol–water partition coefficient (Wildman–Crippen LogP) is 10.1. The lowest BCUT2D eigenvalue weighted by Gasteiger charge is -2.61. The molecule has 36 heavy (non-hydrogen) atoms. The first kappa shape index (κ1) is 26.4. The summed E-state index contributed by atoms with van der Waals surface area (Å²) in [5.41, 5.74) is 5.24. The van der Waals surface area contributed by atoms with Gasteiger partial charge in [0, 0.05) is 0 Å². The van der Waals surface area contributed by atoms with E-state index in [0.29, 0.717) is 16.9 Å². The van der Waals surface area contributed by atoms with E-state index in [2.05, 4.69) is 72.7 Å². The summed E-state index contributed by atoms with van der Waals surface area (Å²) < 4.78 is 6.64. The minimum absolute atomic E-state index is 0.410. The van der Waals surface area contributed by atoms with Gasteiger partial charge in [-0.05, 0) is 156 Å². The van der Waals surface area contributed by atoms with Gasteiger partial charge in [0.15, 0.2) is 0 Å². The fourth-order valence-corrected chi connectivity index (χ4v) is 10.2. The van der Waals surface area contributed by atoms with Gasteiger partial charge in [-0.1, -0.05) is 50.1 Å². The SMILES string of the molecule is CC(C)=CCCC(C)C1CCC2C3CCC4CC(Oc5ccc(C)cc5C)CCC4(C)C3CCC12C. The van der Waals surface area contributed by atoms with Crippen LogP contribution in [-0.2, 0) is 0 Å². The van der Waals surface area contributed by atoms with Gasteiger partial charge >= 0.3 is 0 Å². The zero-order chi connectivity index (χ0) is 25.7. The Morgan fingerprint density at radius 1 is 0.972 bits per heavy atom. The fraction of sp³-hybridized carbons (Fsp3) is 0.771.